The standard InChI is InChI=1S/C11H13BrN2O3/c1-7-10(15)13(2)5-6-14(7)11(16)8-3-4-9(12)17-8/h3-4,7H,5-6H2,1-2H3. The van der Waals surface area contributed by atoms with Crippen LogP contribution >= 0.6 is 15.9 Å². The fourth-order valence-corrected chi connectivity index (χ4v) is 2.17. The van der Waals surface area contributed by atoms with Crippen molar-refractivity contribution in [2.75, 3.05) is 20.1 Å². The van der Waals surface area contributed by atoms with Gasteiger partial charge in [0.15, 0.2) is 10.4 Å². The fourth-order valence-electron chi connectivity index (χ4n) is 1.86. The summed E-state index contributed by atoms with van der Waals surface area (Å²) in [6.45, 7) is 2.81. The topological polar surface area (TPSA) is 53.8 Å². The molecule has 6 heteroatoms. The zero-order valence-electron chi connectivity index (χ0n) is 9.64. The fraction of sp³-hybridized carbons (Fsp3) is 0.455. The molecule has 0 saturated carbocycles. The van der Waals surface area contributed by atoms with Crippen molar-refractivity contribution in [3.05, 3.63) is 22.6 Å². The quantitative estimate of drug-likeness (QED) is 0.786. The molecule has 0 aliphatic carbocycles. The van der Waals surface area contributed by atoms with Gasteiger partial charge in [-0.2, -0.15) is 0 Å². The predicted octanol–water partition coefficient (Wildman–Crippen LogP) is 1.34. The van der Waals surface area contributed by atoms with E-state index in [1.807, 2.05) is 0 Å². The third-order valence-corrected chi connectivity index (χ3v) is 3.35. The van der Waals surface area contributed by atoms with Crippen molar-refractivity contribution in [2.24, 2.45) is 0 Å². The second kappa shape index (κ2) is 4.52. The van der Waals surface area contributed by atoms with Crippen molar-refractivity contribution in [3.8, 4) is 0 Å². The lowest BCUT2D eigenvalue weighted by molar-refractivity contribution is -0.137. The number of piperazine rings is 1. The first-order chi connectivity index (χ1) is 8.00. The number of carbonyl (C=O) groups is 2. The number of amides is 2. The van der Waals surface area contributed by atoms with Gasteiger partial charge in [0.05, 0.1) is 0 Å². The van der Waals surface area contributed by atoms with Gasteiger partial charge in [0.25, 0.3) is 5.91 Å². The summed E-state index contributed by atoms with van der Waals surface area (Å²) in [4.78, 5) is 27.1. The minimum atomic E-state index is -0.440. The second-order valence-electron chi connectivity index (χ2n) is 4.04. The van der Waals surface area contributed by atoms with E-state index in [1.54, 1.807) is 31.0 Å². The molecular weight excluding hydrogens is 288 g/mol. The SMILES string of the molecule is CC1C(=O)N(C)CCN1C(=O)c1ccc(Br)o1. The summed E-state index contributed by atoms with van der Waals surface area (Å²) in [5.74, 6) is -0.0408. The Labute approximate surface area is 107 Å². The maximum atomic E-state index is 12.1. The molecule has 1 aromatic heterocycles. The van der Waals surface area contributed by atoms with Crippen molar-refractivity contribution in [2.45, 2.75) is 13.0 Å². The van der Waals surface area contributed by atoms with Gasteiger partial charge < -0.3 is 14.2 Å². The molecule has 1 saturated heterocycles. The molecule has 1 fully saturated rings. The van der Waals surface area contributed by atoms with E-state index in [0.29, 0.717) is 17.8 Å². The number of hydrogen-bond acceptors (Lipinski definition) is 3. The lowest BCUT2D eigenvalue weighted by Crippen LogP contribution is -2.56. The van der Waals surface area contributed by atoms with Crippen molar-refractivity contribution in [1.82, 2.24) is 9.80 Å². The van der Waals surface area contributed by atoms with Crippen molar-refractivity contribution < 1.29 is 14.0 Å². The molecule has 0 bridgehead atoms. The molecule has 5 nitrogen and oxygen atoms in total. The van der Waals surface area contributed by atoms with Crippen LogP contribution in [-0.2, 0) is 4.79 Å². The van der Waals surface area contributed by atoms with Crippen molar-refractivity contribution >= 4 is 27.7 Å². The molecule has 1 aliphatic heterocycles. The molecule has 0 spiro atoms. The number of furan rings is 1. The number of carbonyl (C=O) groups excluding carboxylic acids is 2. The minimum absolute atomic E-state index is 0.0461. The average Bonchev–Trinajstić information content (AvgIpc) is 2.72. The van der Waals surface area contributed by atoms with Gasteiger partial charge in [-0.3, -0.25) is 9.59 Å². The van der Waals surface area contributed by atoms with Crippen LogP contribution in [-0.4, -0.2) is 47.8 Å². The van der Waals surface area contributed by atoms with Gasteiger partial charge in [-0.15, -0.1) is 0 Å². The Morgan fingerprint density at radius 1 is 1.47 bits per heavy atom. The van der Waals surface area contributed by atoms with Gasteiger partial charge in [0.2, 0.25) is 5.91 Å². The minimum Gasteiger partial charge on any atom is -0.444 e. The Balaban J connectivity index is 2.18. The Morgan fingerprint density at radius 3 is 2.76 bits per heavy atom. The largest absolute Gasteiger partial charge is 0.444 e. The molecule has 17 heavy (non-hydrogen) atoms. The molecule has 2 rings (SSSR count). The molecule has 1 aliphatic rings. The highest BCUT2D eigenvalue weighted by Crippen LogP contribution is 2.18. The summed E-state index contributed by atoms with van der Waals surface area (Å²) in [5.41, 5.74) is 0. The summed E-state index contributed by atoms with van der Waals surface area (Å²) < 4.78 is 5.72. The maximum Gasteiger partial charge on any atom is 0.290 e. The molecule has 2 heterocycles. The zero-order chi connectivity index (χ0) is 12.6. The van der Waals surface area contributed by atoms with Crippen molar-refractivity contribution in [3.63, 3.8) is 0 Å². The van der Waals surface area contributed by atoms with Crippen LogP contribution in [0.3, 0.4) is 0 Å². The van der Waals surface area contributed by atoms with Gasteiger partial charge in [-0.1, -0.05) is 0 Å². The molecule has 0 N–H and O–H groups in total. The third kappa shape index (κ3) is 2.22. The molecular formula is C11H13BrN2O3. The maximum absolute atomic E-state index is 12.1. The Morgan fingerprint density at radius 2 is 2.18 bits per heavy atom. The summed E-state index contributed by atoms with van der Waals surface area (Å²) in [7, 11) is 1.74. The highest BCUT2D eigenvalue weighted by atomic mass is 79.9. The van der Waals surface area contributed by atoms with Gasteiger partial charge in [0.1, 0.15) is 6.04 Å². The van der Waals surface area contributed by atoms with E-state index in [1.165, 1.54) is 4.90 Å². The lowest BCUT2D eigenvalue weighted by atomic mass is 10.1. The zero-order valence-corrected chi connectivity index (χ0v) is 11.2. The van der Waals surface area contributed by atoms with Crippen molar-refractivity contribution in [1.29, 1.82) is 0 Å². The highest BCUT2D eigenvalue weighted by molar-refractivity contribution is 9.10. The molecule has 2 amide bonds. The van der Waals surface area contributed by atoms with Crippen LogP contribution in [0, 0.1) is 0 Å². The van der Waals surface area contributed by atoms with E-state index < -0.39 is 6.04 Å². The number of nitrogens with zero attached hydrogens (tertiary/aromatic N) is 2. The van der Waals surface area contributed by atoms with Crippen LogP contribution in [0.5, 0.6) is 0 Å². The molecule has 92 valence electrons. The van der Waals surface area contributed by atoms with Crippen LogP contribution in [0.25, 0.3) is 0 Å². The van der Waals surface area contributed by atoms with E-state index in [-0.39, 0.29) is 17.6 Å². The first kappa shape index (κ1) is 12.2. The normalized spacial score (nSPS) is 20.9. The van der Waals surface area contributed by atoms with Gasteiger partial charge in [-0.25, -0.2) is 0 Å². The predicted molar refractivity (Wildman–Crippen MR) is 64.5 cm³/mol. The number of rotatable bonds is 1. The Bertz CT molecular complexity index is 457. The van der Waals surface area contributed by atoms with Gasteiger partial charge >= 0.3 is 0 Å². The third-order valence-electron chi connectivity index (χ3n) is 2.92. The van der Waals surface area contributed by atoms with Gasteiger partial charge in [-0.05, 0) is 35.0 Å². The number of hydrogen-bond donors (Lipinski definition) is 0. The monoisotopic (exact) mass is 300 g/mol. The molecule has 1 aromatic rings. The molecule has 1 atom stereocenters. The van der Waals surface area contributed by atoms with Gasteiger partial charge in [0, 0.05) is 20.1 Å². The second-order valence-corrected chi connectivity index (χ2v) is 4.82. The average molecular weight is 301 g/mol. The summed E-state index contributed by atoms with van der Waals surface area (Å²) in [6, 6.07) is 2.82. The summed E-state index contributed by atoms with van der Waals surface area (Å²) in [6.07, 6.45) is 0. The molecule has 0 aromatic carbocycles. The van der Waals surface area contributed by atoms with E-state index in [4.69, 9.17) is 4.42 Å². The van der Waals surface area contributed by atoms with E-state index in [2.05, 4.69) is 15.9 Å². The Hall–Kier alpha value is -1.30. The summed E-state index contributed by atoms with van der Waals surface area (Å²) >= 11 is 3.15. The molecule has 1 unspecified atom stereocenters. The van der Waals surface area contributed by atoms with Crippen LogP contribution < -0.4 is 0 Å². The number of halogens is 1. The van der Waals surface area contributed by atoms with E-state index in [9.17, 15) is 9.59 Å². The molecule has 0 radical (unpaired) electrons. The first-order valence-corrected chi connectivity index (χ1v) is 6.11. The highest BCUT2D eigenvalue weighted by Gasteiger charge is 2.33. The van der Waals surface area contributed by atoms with Crippen LogP contribution in [0.2, 0.25) is 0 Å². The van der Waals surface area contributed by atoms with Crippen LogP contribution in [0.1, 0.15) is 17.5 Å². The number of likely N-dealkylation sites (N-methyl/N-ethyl adjacent to an activating group) is 1. The lowest BCUT2D eigenvalue weighted by Gasteiger charge is -2.36. The van der Waals surface area contributed by atoms with E-state index in [0.717, 1.165) is 0 Å². The first-order valence-electron chi connectivity index (χ1n) is 5.32. The Kier molecular flexibility index (Phi) is 3.24. The van der Waals surface area contributed by atoms with Crippen LogP contribution in [0.4, 0.5) is 0 Å². The van der Waals surface area contributed by atoms with E-state index >= 15 is 0 Å². The smallest absolute Gasteiger partial charge is 0.290 e. The summed E-state index contributed by atoms with van der Waals surface area (Å²) in [5, 5.41) is 0. The van der Waals surface area contributed by atoms with Crippen LogP contribution in [0.15, 0.2) is 21.2 Å².